The lowest BCUT2D eigenvalue weighted by molar-refractivity contribution is 0.571. The Hall–Kier alpha value is -4.99. The first-order chi connectivity index (χ1) is 22.1. The van der Waals surface area contributed by atoms with E-state index in [1.807, 2.05) is 0 Å². The molecular weight excluding hydrogens is 558 g/mol. The molecule has 0 amide bonds. The van der Waals surface area contributed by atoms with Crippen molar-refractivity contribution in [2.75, 3.05) is 0 Å². The van der Waals surface area contributed by atoms with Crippen LogP contribution in [-0.4, -0.2) is 5.84 Å². The molecule has 0 radical (unpaired) electrons. The van der Waals surface area contributed by atoms with Gasteiger partial charge in [-0.2, -0.15) is 0 Å². The lowest BCUT2D eigenvalue weighted by atomic mass is 9.80. The standard InChI is InChI=1S/C43H39N3/c1-42(2)35-15-9-7-13-31(35)33-21-19-28(24-37(33)42)39(44)40(46-41(45)30-18-17-26-11-5-6-12-27(26)23-30)29-20-22-34-32-14-8-10-16-36(32)43(3,4)38(34)25-29/h5-25,39-40H,44H2,1-4H3,(H2,45,46)/t39?,40-/m1/s1. The summed E-state index contributed by atoms with van der Waals surface area (Å²) in [4.78, 5) is 5.26. The third-order valence-electron chi connectivity index (χ3n) is 10.6. The molecule has 6 aromatic rings. The molecule has 0 saturated carbocycles. The van der Waals surface area contributed by atoms with Crippen LogP contribution in [0.4, 0.5) is 0 Å². The van der Waals surface area contributed by atoms with Crippen LogP contribution in [0, 0.1) is 0 Å². The van der Waals surface area contributed by atoms with Gasteiger partial charge in [0, 0.05) is 16.4 Å². The van der Waals surface area contributed by atoms with Crippen molar-refractivity contribution in [1.29, 1.82) is 0 Å². The van der Waals surface area contributed by atoms with Crippen LogP contribution in [0.3, 0.4) is 0 Å². The van der Waals surface area contributed by atoms with Crippen molar-refractivity contribution in [1.82, 2.24) is 0 Å². The smallest absolute Gasteiger partial charge is 0.126 e. The molecule has 6 aromatic carbocycles. The molecule has 226 valence electrons. The van der Waals surface area contributed by atoms with E-state index in [2.05, 4.69) is 155 Å². The number of hydrogen-bond donors (Lipinski definition) is 2. The van der Waals surface area contributed by atoms with Crippen LogP contribution >= 0.6 is 0 Å². The second kappa shape index (κ2) is 10.3. The predicted octanol–water partition coefficient (Wildman–Crippen LogP) is 9.60. The number of fused-ring (bicyclic) bond motifs is 7. The van der Waals surface area contributed by atoms with Gasteiger partial charge in [0.15, 0.2) is 0 Å². The number of amidine groups is 1. The molecular formula is C43H39N3. The highest BCUT2D eigenvalue weighted by molar-refractivity contribution is 6.01. The van der Waals surface area contributed by atoms with E-state index in [0.29, 0.717) is 5.84 Å². The van der Waals surface area contributed by atoms with Gasteiger partial charge < -0.3 is 11.5 Å². The van der Waals surface area contributed by atoms with Crippen molar-refractivity contribution < 1.29 is 0 Å². The number of benzene rings is 6. The van der Waals surface area contributed by atoms with Gasteiger partial charge in [0.05, 0.1) is 12.1 Å². The van der Waals surface area contributed by atoms with E-state index in [1.54, 1.807) is 0 Å². The third kappa shape index (κ3) is 4.26. The van der Waals surface area contributed by atoms with Crippen molar-refractivity contribution in [2.24, 2.45) is 16.5 Å². The first kappa shape index (κ1) is 28.5. The van der Waals surface area contributed by atoms with Crippen molar-refractivity contribution in [2.45, 2.75) is 50.6 Å². The molecule has 8 rings (SSSR count). The summed E-state index contributed by atoms with van der Waals surface area (Å²) in [6.45, 7) is 9.23. The Balaban J connectivity index is 1.26. The first-order valence-electron chi connectivity index (χ1n) is 16.2. The zero-order chi connectivity index (χ0) is 31.8. The first-order valence-corrected chi connectivity index (χ1v) is 16.2. The minimum atomic E-state index is -0.409. The Morgan fingerprint density at radius 2 is 1.02 bits per heavy atom. The van der Waals surface area contributed by atoms with Gasteiger partial charge in [0.2, 0.25) is 0 Å². The topological polar surface area (TPSA) is 64.4 Å². The normalized spacial score (nSPS) is 16.8. The summed E-state index contributed by atoms with van der Waals surface area (Å²) in [5, 5.41) is 2.31. The lowest BCUT2D eigenvalue weighted by Gasteiger charge is -2.27. The third-order valence-corrected chi connectivity index (χ3v) is 10.6. The Kier molecular flexibility index (Phi) is 6.36. The van der Waals surface area contributed by atoms with Crippen LogP contribution in [0.2, 0.25) is 0 Å². The Bertz CT molecular complexity index is 2200. The molecule has 2 aliphatic carbocycles. The molecule has 0 aromatic heterocycles. The van der Waals surface area contributed by atoms with E-state index >= 15 is 0 Å². The summed E-state index contributed by atoms with van der Waals surface area (Å²) in [5.74, 6) is 0.489. The fraction of sp³-hybridized carbons (Fsp3) is 0.186. The molecule has 46 heavy (non-hydrogen) atoms. The number of aliphatic imine (C=N–C) groups is 1. The second-order valence-electron chi connectivity index (χ2n) is 14.0. The summed E-state index contributed by atoms with van der Waals surface area (Å²) < 4.78 is 0. The molecule has 2 atom stereocenters. The Morgan fingerprint density at radius 3 is 1.65 bits per heavy atom. The van der Waals surface area contributed by atoms with Crippen LogP contribution in [0.25, 0.3) is 33.0 Å². The maximum Gasteiger partial charge on any atom is 0.126 e. The number of hydrogen-bond acceptors (Lipinski definition) is 2. The van der Waals surface area contributed by atoms with Gasteiger partial charge >= 0.3 is 0 Å². The van der Waals surface area contributed by atoms with Gasteiger partial charge in [-0.05, 0) is 72.5 Å². The fourth-order valence-electron chi connectivity index (χ4n) is 7.95. The van der Waals surface area contributed by atoms with E-state index in [1.165, 1.54) is 49.9 Å². The van der Waals surface area contributed by atoms with Gasteiger partial charge in [-0.25, -0.2) is 0 Å². The van der Waals surface area contributed by atoms with Crippen molar-refractivity contribution >= 4 is 16.6 Å². The number of nitrogens with two attached hydrogens (primary N) is 2. The van der Waals surface area contributed by atoms with Crippen LogP contribution in [0.5, 0.6) is 0 Å². The van der Waals surface area contributed by atoms with Crippen LogP contribution in [0.15, 0.2) is 132 Å². The largest absolute Gasteiger partial charge is 0.383 e. The highest BCUT2D eigenvalue weighted by Crippen LogP contribution is 2.51. The van der Waals surface area contributed by atoms with E-state index in [4.69, 9.17) is 16.5 Å². The van der Waals surface area contributed by atoms with Crippen LogP contribution in [-0.2, 0) is 10.8 Å². The zero-order valence-electron chi connectivity index (χ0n) is 26.9. The van der Waals surface area contributed by atoms with Gasteiger partial charge in [-0.1, -0.05) is 149 Å². The average molecular weight is 598 g/mol. The summed E-state index contributed by atoms with van der Waals surface area (Å²) in [5.41, 5.74) is 27.4. The van der Waals surface area contributed by atoms with E-state index < -0.39 is 6.04 Å². The van der Waals surface area contributed by atoms with Crippen LogP contribution < -0.4 is 11.5 Å². The average Bonchev–Trinajstić information content (AvgIpc) is 3.45. The highest BCUT2D eigenvalue weighted by Gasteiger charge is 2.38. The summed E-state index contributed by atoms with van der Waals surface area (Å²) in [6.07, 6.45) is 0. The molecule has 0 heterocycles. The molecule has 0 saturated heterocycles. The molecule has 0 bridgehead atoms. The molecule has 1 unspecified atom stereocenters. The van der Waals surface area contributed by atoms with E-state index in [0.717, 1.165) is 22.1 Å². The Labute approximate surface area is 271 Å². The fourth-order valence-corrected chi connectivity index (χ4v) is 7.95. The van der Waals surface area contributed by atoms with Crippen LogP contribution in [0.1, 0.15) is 78.7 Å². The van der Waals surface area contributed by atoms with Crippen molar-refractivity contribution in [3.8, 4) is 22.3 Å². The lowest BCUT2D eigenvalue weighted by Crippen LogP contribution is -2.24. The van der Waals surface area contributed by atoms with Gasteiger partial charge in [-0.3, -0.25) is 4.99 Å². The SMILES string of the molecule is CC1(C)c2ccccc2-c2ccc(C(N)[C@H](N=C(N)c3ccc4ccccc4c3)c3ccc4c(c3)C(C)(C)c3ccccc3-4)cc21. The predicted molar refractivity (Wildman–Crippen MR) is 192 cm³/mol. The maximum atomic E-state index is 7.31. The summed E-state index contributed by atoms with van der Waals surface area (Å²) in [6, 6.07) is 44.8. The molecule has 0 spiro atoms. The van der Waals surface area contributed by atoms with E-state index in [9.17, 15) is 0 Å². The van der Waals surface area contributed by atoms with Crippen molar-refractivity contribution in [3.63, 3.8) is 0 Å². The minimum Gasteiger partial charge on any atom is -0.383 e. The molecule has 0 fully saturated rings. The number of nitrogens with zero attached hydrogens (tertiary/aromatic N) is 1. The second-order valence-corrected chi connectivity index (χ2v) is 14.0. The molecule has 3 heteroatoms. The molecule has 3 nitrogen and oxygen atoms in total. The number of rotatable bonds is 5. The van der Waals surface area contributed by atoms with Gasteiger partial charge in [0.1, 0.15) is 5.84 Å². The maximum absolute atomic E-state index is 7.31. The monoisotopic (exact) mass is 597 g/mol. The van der Waals surface area contributed by atoms with Gasteiger partial charge in [-0.15, -0.1) is 0 Å². The highest BCUT2D eigenvalue weighted by atomic mass is 14.9. The minimum absolute atomic E-state index is 0.117. The molecule has 4 N–H and O–H groups in total. The van der Waals surface area contributed by atoms with E-state index in [-0.39, 0.29) is 16.9 Å². The summed E-state index contributed by atoms with van der Waals surface area (Å²) in [7, 11) is 0. The molecule has 0 aliphatic heterocycles. The van der Waals surface area contributed by atoms with Crippen molar-refractivity contribution in [3.05, 3.63) is 166 Å². The Morgan fingerprint density at radius 1 is 0.522 bits per heavy atom. The molecule has 2 aliphatic rings. The summed E-state index contributed by atoms with van der Waals surface area (Å²) >= 11 is 0. The van der Waals surface area contributed by atoms with Gasteiger partial charge in [0.25, 0.3) is 0 Å². The quantitative estimate of drug-likeness (QED) is 0.154. The zero-order valence-corrected chi connectivity index (χ0v) is 26.9.